The number of nitrogens with zero attached hydrogens (tertiary/aromatic N) is 4. The Balaban J connectivity index is 1.75. The lowest BCUT2D eigenvalue weighted by molar-refractivity contribution is -0.129. The SMILES string of the molecule is CCCCn1c(SCC(=O)N(CCC(N)=O)Cc2ccccc2)nnc1-c1ccc(OC)cc1. The second-order valence-electron chi connectivity index (χ2n) is 7.85. The molecule has 9 heteroatoms. The average Bonchev–Trinajstić information content (AvgIpc) is 3.26. The van der Waals surface area contributed by atoms with E-state index in [2.05, 4.69) is 21.7 Å². The van der Waals surface area contributed by atoms with Crippen molar-refractivity contribution in [3.63, 3.8) is 0 Å². The Labute approximate surface area is 204 Å². The first-order valence-electron chi connectivity index (χ1n) is 11.3. The maximum Gasteiger partial charge on any atom is 0.233 e. The summed E-state index contributed by atoms with van der Waals surface area (Å²) in [4.78, 5) is 26.1. The zero-order valence-electron chi connectivity index (χ0n) is 19.6. The number of carbonyl (C=O) groups is 2. The summed E-state index contributed by atoms with van der Waals surface area (Å²) >= 11 is 1.36. The molecule has 0 atom stereocenters. The first-order chi connectivity index (χ1) is 16.5. The van der Waals surface area contributed by atoms with Gasteiger partial charge in [0.2, 0.25) is 11.8 Å². The highest BCUT2D eigenvalue weighted by Crippen LogP contribution is 2.26. The second-order valence-corrected chi connectivity index (χ2v) is 8.79. The Morgan fingerprint density at radius 3 is 2.47 bits per heavy atom. The molecule has 0 saturated carbocycles. The molecule has 0 unspecified atom stereocenters. The van der Waals surface area contributed by atoms with Gasteiger partial charge >= 0.3 is 0 Å². The number of benzene rings is 2. The van der Waals surface area contributed by atoms with E-state index in [1.807, 2.05) is 54.6 Å². The quantitative estimate of drug-likeness (QED) is 0.373. The van der Waals surface area contributed by atoms with Crippen LogP contribution in [0, 0.1) is 0 Å². The normalized spacial score (nSPS) is 10.8. The van der Waals surface area contributed by atoms with Crippen molar-refractivity contribution in [2.24, 2.45) is 5.73 Å². The van der Waals surface area contributed by atoms with Crippen molar-refractivity contribution >= 4 is 23.6 Å². The minimum atomic E-state index is -0.429. The summed E-state index contributed by atoms with van der Waals surface area (Å²) in [5.74, 6) is 1.23. The zero-order chi connectivity index (χ0) is 24.3. The van der Waals surface area contributed by atoms with Gasteiger partial charge in [0, 0.05) is 31.6 Å². The van der Waals surface area contributed by atoms with Crippen LogP contribution in [0.1, 0.15) is 31.7 Å². The molecular weight excluding hydrogens is 450 g/mol. The third kappa shape index (κ3) is 7.08. The zero-order valence-corrected chi connectivity index (χ0v) is 20.5. The molecule has 0 aliphatic carbocycles. The van der Waals surface area contributed by atoms with Crippen LogP contribution in [-0.2, 0) is 22.7 Å². The number of thioether (sulfide) groups is 1. The maximum atomic E-state index is 13.1. The van der Waals surface area contributed by atoms with Crippen molar-refractivity contribution in [3.8, 4) is 17.1 Å². The van der Waals surface area contributed by atoms with Gasteiger partial charge < -0.3 is 19.9 Å². The molecule has 0 aliphatic rings. The van der Waals surface area contributed by atoms with Crippen LogP contribution in [0.4, 0.5) is 0 Å². The van der Waals surface area contributed by atoms with Gasteiger partial charge in [-0.1, -0.05) is 55.4 Å². The average molecular weight is 482 g/mol. The number of ether oxygens (including phenoxy) is 1. The van der Waals surface area contributed by atoms with Crippen molar-refractivity contribution in [1.82, 2.24) is 19.7 Å². The Kier molecular flexibility index (Phi) is 9.51. The number of aromatic nitrogens is 3. The fourth-order valence-electron chi connectivity index (χ4n) is 3.43. The highest BCUT2D eigenvalue weighted by atomic mass is 32.2. The molecule has 0 saturated heterocycles. The van der Waals surface area contributed by atoms with E-state index >= 15 is 0 Å². The summed E-state index contributed by atoms with van der Waals surface area (Å²) < 4.78 is 7.32. The minimum Gasteiger partial charge on any atom is -0.497 e. The van der Waals surface area contributed by atoms with E-state index in [-0.39, 0.29) is 24.6 Å². The molecule has 3 aromatic rings. The van der Waals surface area contributed by atoms with Crippen molar-refractivity contribution < 1.29 is 14.3 Å². The molecule has 8 nitrogen and oxygen atoms in total. The monoisotopic (exact) mass is 481 g/mol. The van der Waals surface area contributed by atoms with Gasteiger partial charge in [-0.15, -0.1) is 10.2 Å². The van der Waals surface area contributed by atoms with Crippen LogP contribution in [0.5, 0.6) is 5.75 Å². The smallest absolute Gasteiger partial charge is 0.233 e. The van der Waals surface area contributed by atoms with Crippen LogP contribution in [0.25, 0.3) is 11.4 Å². The Hall–Kier alpha value is -3.33. The molecule has 1 heterocycles. The van der Waals surface area contributed by atoms with E-state index in [0.29, 0.717) is 11.7 Å². The van der Waals surface area contributed by atoms with Crippen LogP contribution >= 0.6 is 11.8 Å². The minimum absolute atomic E-state index is 0.0776. The van der Waals surface area contributed by atoms with Gasteiger partial charge in [-0.05, 0) is 36.2 Å². The predicted molar refractivity (Wildman–Crippen MR) is 133 cm³/mol. The Morgan fingerprint density at radius 2 is 1.82 bits per heavy atom. The number of hydrogen-bond donors (Lipinski definition) is 1. The third-order valence-electron chi connectivity index (χ3n) is 5.32. The molecule has 2 amide bonds. The molecule has 0 bridgehead atoms. The molecule has 1 aromatic heterocycles. The van der Waals surface area contributed by atoms with E-state index in [1.165, 1.54) is 11.8 Å². The van der Waals surface area contributed by atoms with Gasteiger partial charge in [0.15, 0.2) is 11.0 Å². The van der Waals surface area contributed by atoms with E-state index in [0.717, 1.165) is 42.1 Å². The van der Waals surface area contributed by atoms with Gasteiger partial charge in [0.05, 0.1) is 12.9 Å². The van der Waals surface area contributed by atoms with E-state index in [9.17, 15) is 9.59 Å². The van der Waals surface area contributed by atoms with Gasteiger partial charge in [-0.25, -0.2) is 0 Å². The van der Waals surface area contributed by atoms with Crippen molar-refractivity contribution in [1.29, 1.82) is 0 Å². The predicted octanol–water partition coefficient (Wildman–Crippen LogP) is 3.75. The number of primary amides is 1. The Bertz CT molecular complexity index is 1070. The largest absolute Gasteiger partial charge is 0.497 e. The molecule has 2 aromatic carbocycles. The first kappa shape index (κ1) is 25.3. The number of amides is 2. The van der Waals surface area contributed by atoms with Crippen LogP contribution in [-0.4, -0.2) is 50.9 Å². The number of nitrogens with two attached hydrogens (primary N) is 1. The van der Waals surface area contributed by atoms with Crippen LogP contribution in [0.3, 0.4) is 0 Å². The standard InChI is InChI=1S/C25H31N5O3S/c1-3-4-15-30-24(20-10-12-21(33-2)13-11-20)27-28-25(30)34-18-23(32)29(16-14-22(26)31)17-19-8-6-5-7-9-19/h5-13H,3-4,14-18H2,1-2H3,(H2,26,31). The summed E-state index contributed by atoms with van der Waals surface area (Å²) in [6.45, 7) is 3.60. The molecule has 0 radical (unpaired) electrons. The Morgan fingerprint density at radius 1 is 1.09 bits per heavy atom. The maximum absolute atomic E-state index is 13.1. The highest BCUT2D eigenvalue weighted by molar-refractivity contribution is 7.99. The lowest BCUT2D eigenvalue weighted by atomic mass is 10.2. The van der Waals surface area contributed by atoms with Gasteiger partial charge in [-0.3, -0.25) is 9.59 Å². The summed E-state index contributed by atoms with van der Waals surface area (Å²) in [7, 11) is 1.63. The fourth-order valence-corrected chi connectivity index (χ4v) is 4.29. The highest BCUT2D eigenvalue weighted by Gasteiger charge is 2.19. The number of methoxy groups -OCH3 is 1. The number of unbranched alkanes of at least 4 members (excludes halogenated alkanes) is 1. The van der Waals surface area contributed by atoms with E-state index in [1.54, 1.807) is 12.0 Å². The molecule has 3 rings (SSSR count). The van der Waals surface area contributed by atoms with Crippen molar-refractivity contribution in [3.05, 3.63) is 60.2 Å². The third-order valence-corrected chi connectivity index (χ3v) is 6.27. The molecular formula is C25H31N5O3S. The number of carbonyl (C=O) groups excluding carboxylic acids is 2. The summed E-state index contributed by atoms with van der Waals surface area (Å²) in [5, 5.41) is 9.48. The van der Waals surface area contributed by atoms with E-state index in [4.69, 9.17) is 10.5 Å². The summed E-state index contributed by atoms with van der Waals surface area (Å²) in [6, 6.07) is 17.4. The summed E-state index contributed by atoms with van der Waals surface area (Å²) in [6.07, 6.45) is 2.13. The first-order valence-corrected chi connectivity index (χ1v) is 12.3. The molecule has 0 aliphatic heterocycles. The summed E-state index contributed by atoms with van der Waals surface area (Å²) in [5.41, 5.74) is 7.27. The van der Waals surface area contributed by atoms with Gasteiger partial charge in [0.25, 0.3) is 0 Å². The lowest BCUT2D eigenvalue weighted by Gasteiger charge is -2.22. The van der Waals surface area contributed by atoms with Crippen molar-refractivity contribution in [2.45, 2.75) is 44.4 Å². The van der Waals surface area contributed by atoms with E-state index < -0.39 is 5.91 Å². The second kappa shape index (κ2) is 12.8. The number of rotatable bonds is 13. The van der Waals surface area contributed by atoms with Crippen LogP contribution < -0.4 is 10.5 Å². The fraction of sp³-hybridized carbons (Fsp3) is 0.360. The molecule has 0 fully saturated rings. The van der Waals surface area contributed by atoms with Crippen LogP contribution in [0.15, 0.2) is 59.8 Å². The number of hydrogen-bond acceptors (Lipinski definition) is 6. The van der Waals surface area contributed by atoms with Gasteiger partial charge in [0.1, 0.15) is 5.75 Å². The lowest BCUT2D eigenvalue weighted by Crippen LogP contribution is -2.34. The molecule has 0 spiro atoms. The molecule has 180 valence electrons. The molecule has 2 N–H and O–H groups in total. The van der Waals surface area contributed by atoms with Gasteiger partial charge in [-0.2, -0.15) is 0 Å². The topological polar surface area (TPSA) is 103 Å². The van der Waals surface area contributed by atoms with Crippen LogP contribution in [0.2, 0.25) is 0 Å². The van der Waals surface area contributed by atoms with Crippen molar-refractivity contribution in [2.75, 3.05) is 19.4 Å². The molecule has 34 heavy (non-hydrogen) atoms.